The number of nitrogens with one attached hydrogen (secondary N) is 1. The number of fused-ring (bicyclic) bond motifs is 2. The molecule has 1 aliphatic rings. The highest BCUT2D eigenvalue weighted by Crippen LogP contribution is 2.38. The molecule has 1 aromatic heterocycles. The molecule has 46 heavy (non-hydrogen) atoms. The Hall–Kier alpha value is -5.03. The summed E-state index contributed by atoms with van der Waals surface area (Å²) in [4.78, 5) is 20.1. The van der Waals surface area contributed by atoms with Crippen LogP contribution in [0.25, 0.3) is 21.7 Å². The Balaban J connectivity index is 1.19. The number of anilines is 1. The first-order valence-corrected chi connectivity index (χ1v) is 14.9. The lowest BCUT2D eigenvalue weighted by molar-refractivity contribution is -0.137. The van der Waals surface area contributed by atoms with E-state index in [0.717, 1.165) is 44.3 Å². The fourth-order valence-corrected chi connectivity index (χ4v) is 5.64. The predicted octanol–water partition coefficient (Wildman–Crippen LogP) is 8.03. The Bertz CT molecular complexity index is 1890. The number of methoxy groups -OCH3 is 1. The topological polar surface area (TPSA) is 93.2 Å². The van der Waals surface area contributed by atoms with Crippen LogP contribution in [0.4, 0.5) is 18.9 Å². The Morgan fingerprint density at radius 1 is 0.957 bits per heavy atom. The van der Waals surface area contributed by atoms with Crippen LogP contribution in [-0.2, 0) is 6.18 Å². The van der Waals surface area contributed by atoms with Gasteiger partial charge in [-0.25, -0.2) is 0 Å². The van der Waals surface area contributed by atoms with E-state index >= 15 is 0 Å². The van der Waals surface area contributed by atoms with Gasteiger partial charge in [0.2, 0.25) is 0 Å². The summed E-state index contributed by atoms with van der Waals surface area (Å²) in [7, 11) is 1.31. The smallest absolute Gasteiger partial charge is 0.416 e. The van der Waals surface area contributed by atoms with Crippen LogP contribution in [0.3, 0.4) is 0 Å². The van der Waals surface area contributed by atoms with E-state index < -0.39 is 17.6 Å². The van der Waals surface area contributed by atoms with Crippen molar-refractivity contribution in [2.24, 2.45) is 0 Å². The molecule has 0 aliphatic carbocycles. The molecule has 1 aliphatic heterocycles. The van der Waals surface area contributed by atoms with Crippen LogP contribution in [0.15, 0.2) is 79.0 Å². The van der Waals surface area contributed by atoms with Gasteiger partial charge in [-0.05, 0) is 97.7 Å². The number of phenols is 1. The lowest BCUT2D eigenvalue weighted by Crippen LogP contribution is -2.21. The van der Waals surface area contributed by atoms with Crippen molar-refractivity contribution >= 4 is 33.3 Å². The summed E-state index contributed by atoms with van der Waals surface area (Å²) in [5, 5.41) is 15.1. The third-order valence-corrected chi connectivity index (χ3v) is 7.96. The average molecular weight is 632 g/mol. The summed E-state index contributed by atoms with van der Waals surface area (Å²) in [5.74, 6) is 0.784. The van der Waals surface area contributed by atoms with Crippen molar-refractivity contribution in [1.82, 2.24) is 9.88 Å². The number of carbonyl (C=O) groups is 1. The third kappa shape index (κ3) is 6.79. The molecular formula is C35H32F3N3O5. The number of amides is 1. The van der Waals surface area contributed by atoms with E-state index in [1.54, 1.807) is 60.8 Å². The quantitative estimate of drug-likeness (QED) is 0.151. The van der Waals surface area contributed by atoms with Gasteiger partial charge in [-0.3, -0.25) is 9.78 Å². The van der Waals surface area contributed by atoms with Gasteiger partial charge in [-0.15, -0.1) is 0 Å². The minimum atomic E-state index is -4.58. The van der Waals surface area contributed by atoms with Crippen LogP contribution >= 0.6 is 0 Å². The molecule has 0 bridgehead atoms. The van der Waals surface area contributed by atoms with Crippen molar-refractivity contribution in [3.8, 4) is 28.7 Å². The molecular weight excluding hydrogens is 599 g/mol. The molecule has 2 N–H and O–H groups in total. The fraction of sp³-hybridized carbons (Fsp3) is 0.257. The zero-order valence-electron chi connectivity index (χ0n) is 25.1. The van der Waals surface area contributed by atoms with Gasteiger partial charge in [0.1, 0.15) is 17.2 Å². The van der Waals surface area contributed by atoms with E-state index in [1.807, 2.05) is 0 Å². The van der Waals surface area contributed by atoms with E-state index in [-0.39, 0.29) is 22.7 Å². The number of ether oxygens (including phenoxy) is 3. The number of hydrogen-bond acceptors (Lipinski definition) is 7. The first-order valence-electron chi connectivity index (χ1n) is 14.9. The molecule has 4 aromatic carbocycles. The SMILES string of the molecule is COc1ccc(C(F)(F)F)cc1NC(=O)c1cccc2cc(Oc3ccnc4cc(OCCCN5CCCC5)c(O)cc34)ccc12. The van der Waals surface area contributed by atoms with Crippen LogP contribution < -0.4 is 19.5 Å². The van der Waals surface area contributed by atoms with Crippen LogP contribution in [0.1, 0.15) is 35.2 Å². The van der Waals surface area contributed by atoms with Crippen molar-refractivity contribution in [2.75, 3.05) is 38.7 Å². The molecule has 1 saturated heterocycles. The molecule has 1 fully saturated rings. The highest BCUT2D eigenvalue weighted by atomic mass is 19.4. The second-order valence-corrected chi connectivity index (χ2v) is 11.1. The summed E-state index contributed by atoms with van der Waals surface area (Å²) in [6, 6.07) is 18.1. The summed E-state index contributed by atoms with van der Waals surface area (Å²) in [5.41, 5.74) is -0.148. The number of pyridine rings is 1. The molecule has 238 valence electrons. The van der Waals surface area contributed by atoms with Gasteiger partial charge in [-0.1, -0.05) is 12.1 Å². The van der Waals surface area contributed by atoms with E-state index in [4.69, 9.17) is 14.2 Å². The number of hydrogen-bond donors (Lipinski definition) is 2. The standard InChI is InChI=1S/C35H32F3N3O5/c1-44-32-11-8-23(35(36,37)38)19-29(32)40-34(43)26-7-4-6-22-18-24(9-10-25(22)26)46-31-12-13-39-28-21-33(30(42)20-27(28)31)45-17-5-16-41-14-2-3-15-41/h4,6-13,18-21,42H,2-3,5,14-17H2,1H3,(H,40,43). The molecule has 5 aromatic rings. The van der Waals surface area contributed by atoms with Gasteiger partial charge in [-0.2, -0.15) is 13.2 Å². The Morgan fingerprint density at radius 3 is 2.57 bits per heavy atom. The van der Waals surface area contributed by atoms with E-state index in [1.165, 1.54) is 20.0 Å². The average Bonchev–Trinajstić information content (AvgIpc) is 3.56. The Morgan fingerprint density at radius 2 is 1.78 bits per heavy atom. The van der Waals surface area contributed by atoms with Crippen LogP contribution in [0, 0.1) is 0 Å². The van der Waals surface area contributed by atoms with E-state index in [9.17, 15) is 23.1 Å². The number of aromatic nitrogens is 1. The largest absolute Gasteiger partial charge is 0.504 e. The van der Waals surface area contributed by atoms with Crippen LogP contribution in [-0.4, -0.2) is 54.2 Å². The lowest BCUT2D eigenvalue weighted by atomic mass is 10.0. The number of aromatic hydroxyl groups is 1. The number of alkyl halides is 3. The Kier molecular flexibility index (Phi) is 8.85. The molecule has 0 radical (unpaired) electrons. The van der Waals surface area contributed by atoms with Gasteiger partial charge in [0.15, 0.2) is 11.5 Å². The van der Waals surface area contributed by atoms with Gasteiger partial charge in [0.25, 0.3) is 5.91 Å². The van der Waals surface area contributed by atoms with Crippen molar-refractivity contribution in [3.05, 3.63) is 90.1 Å². The summed E-state index contributed by atoms with van der Waals surface area (Å²) in [6.07, 6.45) is 0.365. The number of likely N-dealkylation sites (tertiary alicyclic amines) is 1. The first kappa shape index (κ1) is 31.0. The van der Waals surface area contributed by atoms with Crippen molar-refractivity contribution in [2.45, 2.75) is 25.4 Å². The zero-order chi connectivity index (χ0) is 32.3. The normalized spacial score (nSPS) is 13.7. The molecule has 0 saturated carbocycles. The third-order valence-electron chi connectivity index (χ3n) is 7.96. The lowest BCUT2D eigenvalue weighted by Gasteiger charge is -2.15. The maximum Gasteiger partial charge on any atom is 0.416 e. The first-order chi connectivity index (χ1) is 22.2. The number of carbonyl (C=O) groups excluding carboxylic acids is 1. The van der Waals surface area contributed by atoms with E-state index in [0.29, 0.717) is 45.5 Å². The number of nitrogens with zero attached hydrogens (tertiary/aromatic N) is 2. The minimum absolute atomic E-state index is 0.0157. The maximum atomic E-state index is 13.3. The second-order valence-electron chi connectivity index (χ2n) is 11.1. The summed E-state index contributed by atoms with van der Waals surface area (Å²) in [6.45, 7) is 3.70. The highest BCUT2D eigenvalue weighted by molar-refractivity contribution is 6.13. The monoisotopic (exact) mass is 631 g/mol. The van der Waals surface area contributed by atoms with E-state index in [2.05, 4.69) is 15.2 Å². The molecule has 0 spiro atoms. The minimum Gasteiger partial charge on any atom is -0.504 e. The number of benzene rings is 4. The van der Waals surface area contributed by atoms with Crippen molar-refractivity contribution < 1.29 is 37.3 Å². The molecule has 0 unspecified atom stereocenters. The molecule has 1 amide bonds. The number of rotatable bonds is 10. The van der Waals surface area contributed by atoms with Gasteiger partial charge >= 0.3 is 6.18 Å². The van der Waals surface area contributed by atoms with Crippen molar-refractivity contribution in [3.63, 3.8) is 0 Å². The predicted molar refractivity (Wildman–Crippen MR) is 169 cm³/mol. The van der Waals surface area contributed by atoms with Gasteiger partial charge < -0.3 is 29.5 Å². The van der Waals surface area contributed by atoms with Crippen LogP contribution in [0.2, 0.25) is 0 Å². The number of phenolic OH excluding ortho intramolecular Hbond substituents is 1. The molecule has 6 rings (SSSR count). The molecule has 8 nitrogen and oxygen atoms in total. The van der Waals surface area contributed by atoms with Crippen LogP contribution in [0.5, 0.6) is 28.7 Å². The fourth-order valence-electron chi connectivity index (χ4n) is 5.64. The zero-order valence-corrected chi connectivity index (χ0v) is 25.1. The second kappa shape index (κ2) is 13.1. The summed E-state index contributed by atoms with van der Waals surface area (Å²) < 4.78 is 57.1. The number of halogens is 3. The van der Waals surface area contributed by atoms with Gasteiger partial charge in [0.05, 0.1) is 30.5 Å². The van der Waals surface area contributed by atoms with Gasteiger partial charge in [0, 0.05) is 29.8 Å². The molecule has 0 atom stereocenters. The highest BCUT2D eigenvalue weighted by Gasteiger charge is 2.31. The Labute approximate surface area is 263 Å². The molecule has 2 heterocycles. The van der Waals surface area contributed by atoms with Crippen molar-refractivity contribution in [1.29, 1.82) is 0 Å². The summed E-state index contributed by atoms with van der Waals surface area (Å²) >= 11 is 0. The molecule has 11 heteroatoms. The maximum absolute atomic E-state index is 13.3.